The normalized spacial score (nSPS) is 21.1. The average molecular weight is 394 g/mol. The number of carbonyl (C=O) groups is 1. The number of rotatable bonds is 4. The number of thiazole rings is 1. The summed E-state index contributed by atoms with van der Waals surface area (Å²) in [6.45, 7) is 6.26. The summed E-state index contributed by atoms with van der Waals surface area (Å²) in [7, 11) is 0. The fourth-order valence-corrected chi connectivity index (χ4v) is 3.03. The van der Waals surface area contributed by atoms with Crippen LogP contribution in [0.15, 0.2) is 16.8 Å². The van der Waals surface area contributed by atoms with Gasteiger partial charge in [-0.25, -0.2) is 14.8 Å². The summed E-state index contributed by atoms with van der Waals surface area (Å²) in [5.74, 6) is 1.29. The van der Waals surface area contributed by atoms with Gasteiger partial charge in [0, 0.05) is 22.6 Å². The quantitative estimate of drug-likeness (QED) is 0.721. The Hall–Kier alpha value is -2.27. The van der Waals surface area contributed by atoms with Crippen molar-refractivity contribution in [3.8, 4) is 0 Å². The lowest BCUT2D eigenvalue weighted by atomic mass is 9.94. The fourth-order valence-electron chi connectivity index (χ4n) is 2.32. The maximum atomic E-state index is 11.9. The topological polar surface area (TPSA) is 121 Å². The molecule has 3 rings (SSSR count). The van der Waals surface area contributed by atoms with Gasteiger partial charge in [0.1, 0.15) is 5.76 Å². The third-order valence-corrected chi connectivity index (χ3v) is 4.70. The monoisotopic (exact) mass is 394 g/mol. The van der Waals surface area contributed by atoms with E-state index in [1.807, 2.05) is 20.8 Å². The van der Waals surface area contributed by atoms with E-state index in [9.17, 15) is 15.0 Å². The van der Waals surface area contributed by atoms with Crippen LogP contribution in [0.3, 0.4) is 0 Å². The Morgan fingerprint density at radius 1 is 1.30 bits per heavy atom. The molecule has 9 nitrogen and oxygen atoms in total. The first-order valence-electron chi connectivity index (χ1n) is 8.41. The Balaban J connectivity index is 1.54. The zero-order valence-corrected chi connectivity index (χ0v) is 16.1. The van der Waals surface area contributed by atoms with Crippen LogP contribution < -0.4 is 5.32 Å². The van der Waals surface area contributed by atoms with E-state index in [-0.39, 0.29) is 18.5 Å². The van der Waals surface area contributed by atoms with E-state index in [2.05, 4.69) is 15.3 Å². The first kappa shape index (κ1) is 19.5. The lowest BCUT2D eigenvalue weighted by Crippen LogP contribution is -2.28. The zero-order valence-electron chi connectivity index (χ0n) is 15.2. The molecule has 3 heterocycles. The minimum Gasteiger partial charge on any atom is -0.441 e. The van der Waals surface area contributed by atoms with Crippen LogP contribution in [-0.4, -0.2) is 56.6 Å². The van der Waals surface area contributed by atoms with Gasteiger partial charge in [0.15, 0.2) is 5.13 Å². The van der Waals surface area contributed by atoms with Crippen molar-refractivity contribution in [2.45, 2.75) is 38.4 Å². The Morgan fingerprint density at radius 2 is 2.00 bits per heavy atom. The van der Waals surface area contributed by atoms with Gasteiger partial charge in [-0.15, -0.1) is 5.06 Å². The number of amides is 1. The van der Waals surface area contributed by atoms with Crippen LogP contribution in [-0.2, 0) is 10.3 Å². The van der Waals surface area contributed by atoms with Crippen molar-refractivity contribution < 1.29 is 24.3 Å². The molecule has 2 aromatic heterocycles. The Morgan fingerprint density at radius 3 is 2.63 bits per heavy atom. The van der Waals surface area contributed by atoms with Gasteiger partial charge in [0.25, 0.3) is 0 Å². The molecule has 0 saturated carbocycles. The standard InChI is InChI=1S/C17H22N4O5S/c1-17(2,3)13-7-18-14(25-13)5-4-10-6-19-15(27-10)20-16(24)26-21-8-11(22)12(23)9-21/h4-7,11-12,22-23H,8-9H2,1-3H3,(H,19,20,24)/b5-4+/t11-,12-/m1/s1. The summed E-state index contributed by atoms with van der Waals surface area (Å²) in [5, 5.41) is 23.0. The van der Waals surface area contributed by atoms with E-state index in [1.54, 1.807) is 24.5 Å². The molecule has 146 valence electrons. The van der Waals surface area contributed by atoms with Crippen LogP contribution in [0.4, 0.5) is 9.93 Å². The Bertz CT molecular complexity index is 815. The van der Waals surface area contributed by atoms with E-state index >= 15 is 0 Å². The van der Waals surface area contributed by atoms with Gasteiger partial charge < -0.3 is 19.5 Å². The molecule has 2 atom stereocenters. The smallest absolute Gasteiger partial charge is 0.432 e. The Labute approximate surface area is 160 Å². The number of anilines is 1. The molecule has 3 N–H and O–H groups in total. The van der Waals surface area contributed by atoms with Gasteiger partial charge in [-0.3, -0.25) is 5.32 Å². The lowest BCUT2D eigenvalue weighted by molar-refractivity contribution is -0.0834. The van der Waals surface area contributed by atoms with Gasteiger partial charge in [-0.05, 0) is 6.08 Å². The third kappa shape index (κ3) is 5.13. The van der Waals surface area contributed by atoms with Crippen molar-refractivity contribution in [1.82, 2.24) is 15.0 Å². The largest absolute Gasteiger partial charge is 0.441 e. The molecule has 0 spiro atoms. The summed E-state index contributed by atoms with van der Waals surface area (Å²) in [5.41, 5.74) is -0.109. The first-order valence-corrected chi connectivity index (χ1v) is 9.22. The van der Waals surface area contributed by atoms with Crippen molar-refractivity contribution in [3.63, 3.8) is 0 Å². The summed E-state index contributed by atoms with van der Waals surface area (Å²) in [4.78, 5) is 26.0. The van der Waals surface area contributed by atoms with Crippen molar-refractivity contribution >= 4 is 34.7 Å². The van der Waals surface area contributed by atoms with Gasteiger partial charge in [0.05, 0.1) is 31.5 Å². The molecule has 1 amide bonds. The molecule has 0 unspecified atom stereocenters. The van der Waals surface area contributed by atoms with Gasteiger partial charge in [-0.2, -0.15) is 0 Å². The molecule has 1 fully saturated rings. The number of β-amino-alcohol motifs (C(OH)–C–C–N with tert-alkyl or cyclic N) is 2. The van der Waals surface area contributed by atoms with Crippen LogP contribution in [0.2, 0.25) is 0 Å². The predicted molar refractivity (Wildman–Crippen MR) is 99.9 cm³/mol. The Kier molecular flexibility index (Phi) is 5.61. The molecule has 1 aliphatic rings. The summed E-state index contributed by atoms with van der Waals surface area (Å²) < 4.78 is 5.68. The SMILES string of the molecule is CC(C)(C)c1cnc(/C=C/c2cnc(NC(=O)ON3C[C@@H](O)[C@H](O)C3)s2)o1. The first-order chi connectivity index (χ1) is 12.7. The van der Waals surface area contributed by atoms with Crippen LogP contribution in [0.5, 0.6) is 0 Å². The third-order valence-electron chi connectivity index (χ3n) is 3.82. The van der Waals surface area contributed by atoms with E-state index in [4.69, 9.17) is 9.25 Å². The molecular weight excluding hydrogens is 372 g/mol. The molecule has 0 radical (unpaired) electrons. The second-order valence-corrected chi connectivity index (χ2v) is 8.26. The van der Waals surface area contributed by atoms with E-state index in [1.165, 1.54) is 16.4 Å². The highest BCUT2D eigenvalue weighted by molar-refractivity contribution is 7.16. The van der Waals surface area contributed by atoms with Crippen molar-refractivity contribution in [2.24, 2.45) is 0 Å². The second-order valence-electron chi connectivity index (χ2n) is 7.20. The molecule has 0 aliphatic carbocycles. The van der Waals surface area contributed by atoms with E-state index < -0.39 is 18.3 Å². The zero-order chi connectivity index (χ0) is 19.6. The summed E-state index contributed by atoms with van der Waals surface area (Å²) >= 11 is 1.26. The number of carbonyl (C=O) groups excluding carboxylic acids is 1. The molecule has 27 heavy (non-hydrogen) atoms. The highest BCUT2D eigenvalue weighted by Gasteiger charge is 2.32. The molecule has 0 bridgehead atoms. The number of nitrogens with one attached hydrogen (secondary N) is 1. The van der Waals surface area contributed by atoms with E-state index in [0.29, 0.717) is 11.0 Å². The van der Waals surface area contributed by atoms with Crippen LogP contribution in [0, 0.1) is 0 Å². The molecule has 2 aromatic rings. The number of aliphatic hydroxyl groups excluding tert-OH is 2. The van der Waals surface area contributed by atoms with E-state index in [0.717, 1.165) is 10.6 Å². The highest BCUT2D eigenvalue weighted by Crippen LogP contribution is 2.24. The average Bonchev–Trinajstić information content (AvgIpc) is 3.26. The van der Waals surface area contributed by atoms with Crippen LogP contribution in [0.1, 0.15) is 37.3 Å². The van der Waals surface area contributed by atoms with Crippen molar-refractivity contribution in [2.75, 3.05) is 18.4 Å². The van der Waals surface area contributed by atoms with Crippen LogP contribution >= 0.6 is 11.3 Å². The summed E-state index contributed by atoms with van der Waals surface area (Å²) in [6, 6.07) is 0. The van der Waals surface area contributed by atoms with Crippen molar-refractivity contribution in [3.05, 3.63) is 28.9 Å². The van der Waals surface area contributed by atoms with Crippen molar-refractivity contribution in [1.29, 1.82) is 0 Å². The minimum atomic E-state index is -0.927. The van der Waals surface area contributed by atoms with Crippen LogP contribution in [0.25, 0.3) is 12.2 Å². The minimum absolute atomic E-state index is 0.0626. The molecule has 10 heteroatoms. The molecule has 0 aromatic carbocycles. The highest BCUT2D eigenvalue weighted by atomic mass is 32.1. The number of aromatic nitrogens is 2. The number of hydrogen-bond acceptors (Lipinski definition) is 9. The van der Waals surface area contributed by atoms with Gasteiger partial charge >= 0.3 is 6.09 Å². The lowest BCUT2D eigenvalue weighted by Gasteiger charge is -2.13. The number of hydroxylamine groups is 2. The number of nitrogens with zero attached hydrogens (tertiary/aromatic N) is 3. The summed E-state index contributed by atoms with van der Waals surface area (Å²) in [6.07, 6.45) is 4.25. The maximum absolute atomic E-state index is 11.9. The maximum Gasteiger partial charge on any atom is 0.432 e. The number of aliphatic hydroxyl groups is 2. The predicted octanol–water partition coefficient (Wildman–Crippen LogP) is 2.10. The number of oxazole rings is 1. The molecule has 1 aliphatic heterocycles. The molecule has 1 saturated heterocycles. The van der Waals surface area contributed by atoms with Gasteiger partial charge in [0.2, 0.25) is 5.89 Å². The molecular formula is C17H22N4O5S. The second kappa shape index (κ2) is 7.77. The van der Waals surface area contributed by atoms with Gasteiger partial charge in [-0.1, -0.05) is 32.1 Å². The fraction of sp³-hybridized carbons (Fsp3) is 0.471. The number of hydrogen-bond donors (Lipinski definition) is 3.